The molecule has 0 aromatic rings. The third-order valence-corrected chi connectivity index (χ3v) is 6.12. The molecule has 3 heterocycles. The molecule has 3 N–H and O–H groups in total. The van der Waals surface area contributed by atoms with E-state index in [0.29, 0.717) is 11.7 Å². The SMILES string of the molecule is O=C1N[C@H]2[C@H](CS[C@H]2CCCCC(=O)C2CC(=O)N(O)C2=O)N1. The van der Waals surface area contributed by atoms with Crippen LogP contribution in [0.4, 0.5) is 4.79 Å². The van der Waals surface area contributed by atoms with E-state index in [0.717, 1.165) is 18.6 Å². The van der Waals surface area contributed by atoms with Gasteiger partial charge in [-0.3, -0.25) is 19.6 Å². The van der Waals surface area contributed by atoms with Crippen molar-refractivity contribution in [2.24, 2.45) is 5.92 Å². The fourth-order valence-corrected chi connectivity index (χ4v) is 4.88. The summed E-state index contributed by atoms with van der Waals surface area (Å²) in [5, 5.41) is 15.3. The molecule has 23 heavy (non-hydrogen) atoms. The number of carbonyl (C=O) groups is 4. The highest BCUT2D eigenvalue weighted by molar-refractivity contribution is 8.00. The van der Waals surface area contributed by atoms with Crippen molar-refractivity contribution in [1.82, 2.24) is 15.7 Å². The third kappa shape index (κ3) is 3.20. The molecule has 9 heteroatoms. The van der Waals surface area contributed by atoms with Crippen LogP contribution >= 0.6 is 11.8 Å². The average molecular weight is 341 g/mol. The van der Waals surface area contributed by atoms with Gasteiger partial charge in [-0.15, -0.1) is 0 Å². The summed E-state index contributed by atoms with van der Waals surface area (Å²) >= 11 is 1.82. The first-order valence-corrected chi connectivity index (χ1v) is 8.79. The van der Waals surface area contributed by atoms with Crippen LogP contribution in [0.1, 0.15) is 32.1 Å². The minimum Gasteiger partial charge on any atom is -0.332 e. The summed E-state index contributed by atoms with van der Waals surface area (Å²) in [7, 11) is 0. The lowest BCUT2D eigenvalue weighted by Gasteiger charge is -2.16. The highest BCUT2D eigenvalue weighted by Gasteiger charge is 2.43. The lowest BCUT2D eigenvalue weighted by Crippen LogP contribution is -2.36. The van der Waals surface area contributed by atoms with Gasteiger partial charge < -0.3 is 10.6 Å². The van der Waals surface area contributed by atoms with Crippen LogP contribution in [0.3, 0.4) is 0 Å². The molecule has 0 aliphatic carbocycles. The number of unbranched alkanes of at least 4 members (excludes halogenated alkanes) is 1. The van der Waals surface area contributed by atoms with Gasteiger partial charge in [-0.05, 0) is 12.8 Å². The molecule has 0 saturated carbocycles. The number of nitrogens with zero attached hydrogens (tertiary/aromatic N) is 1. The number of imide groups is 1. The van der Waals surface area contributed by atoms with Gasteiger partial charge in [0.1, 0.15) is 11.7 Å². The zero-order chi connectivity index (χ0) is 16.6. The maximum atomic E-state index is 12.0. The van der Waals surface area contributed by atoms with Gasteiger partial charge in [-0.1, -0.05) is 6.42 Å². The highest BCUT2D eigenvalue weighted by atomic mass is 32.2. The van der Waals surface area contributed by atoms with E-state index in [1.807, 2.05) is 11.8 Å². The van der Waals surface area contributed by atoms with E-state index >= 15 is 0 Å². The number of fused-ring (bicyclic) bond motifs is 1. The van der Waals surface area contributed by atoms with Crippen LogP contribution in [0.25, 0.3) is 0 Å². The molecular formula is C14H19N3O5S. The molecule has 4 amide bonds. The Balaban J connectivity index is 1.39. The largest absolute Gasteiger partial charge is 0.332 e. The molecule has 0 radical (unpaired) electrons. The van der Waals surface area contributed by atoms with Crippen molar-refractivity contribution in [3.63, 3.8) is 0 Å². The van der Waals surface area contributed by atoms with Gasteiger partial charge in [0.25, 0.3) is 11.8 Å². The summed E-state index contributed by atoms with van der Waals surface area (Å²) < 4.78 is 0. The van der Waals surface area contributed by atoms with Crippen LogP contribution in [-0.2, 0) is 14.4 Å². The number of carbonyl (C=O) groups excluding carboxylic acids is 4. The summed E-state index contributed by atoms with van der Waals surface area (Å²) in [6.07, 6.45) is 2.35. The number of rotatable bonds is 6. The summed E-state index contributed by atoms with van der Waals surface area (Å²) in [6, 6.07) is 0.232. The second-order valence-electron chi connectivity index (χ2n) is 6.13. The maximum absolute atomic E-state index is 12.0. The van der Waals surface area contributed by atoms with Crippen LogP contribution in [0.2, 0.25) is 0 Å². The third-order valence-electron chi connectivity index (χ3n) is 4.61. The Kier molecular flexibility index (Phi) is 4.58. The summed E-state index contributed by atoms with van der Waals surface area (Å²) in [5.74, 6) is -1.93. The molecule has 8 nitrogen and oxygen atoms in total. The Hall–Kier alpha value is -1.61. The normalized spacial score (nSPS) is 32.9. The number of ketones is 1. The summed E-state index contributed by atoms with van der Waals surface area (Å²) in [6.45, 7) is 0. The van der Waals surface area contributed by atoms with Crippen molar-refractivity contribution in [2.45, 2.75) is 49.4 Å². The van der Waals surface area contributed by atoms with Crippen LogP contribution in [0.5, 0.6) is 0 Å². The Morgan fingerprint density at radius 1 is 1.26 bits per heavy atom. The average Bonchev–Trinajstić information content (AvgIpc) is 3.13. The fraction of sp³-hybridized carbons (Fsp3) is 0.714. The predicted molar refractivity (Wildman–Crippen MR) is 80.7 cm³/mol. The molecule has 4 atom stereocenters. The number of amides is 4. The van der Waals surface area contributed by atoms with Crippen molar-refractivity contribution >= 4 is 35.4 Å². The summed E-state index contributed by atoms with van der Waals surface area (Å²) in [4.78, 5) is 46.0. The first-order chi connectivity index (χ1) is 11.0. The van der Waals surface area contributed by atoms with E-state index in [2.05, 4.69) is 10.6 Å². The van der Waals surface area contributed by atoms with Crippen LogP contribution in [-0.4, -0.2) is 57.0 Å². The second kappa shape index (κ2) is 6.48. The van der Waals surface area contributed by atoms with Crippen molar-refractivity contribution in [3.05, 3.63) is 0 Å². The number of hydroxylamine groups is 2. The topological polar surface area (TPSA) is 116 Å². The molecule has 126 valence electrons. The molecular weight excluding hydrogens is 322 g/mol. The Labute approximate surface area is 137 Å². The predicted octanol–water partition coefficient (Wildman–Crippen LogP) is 0.0456. The van der Waals surface area contributed by atoms with Gasteiger partial charge in [0.15, 0.2) is 0 Å². The first kappa shape index (κ1) is 16.3. The first-order valence-electron chi connectivity index (χ1n) is 7.74. The van der Waals surface area contributed by atoms with Gasteiger partial charge >= 0.3 is 6.03 Å². The molecule has 0 aromatic heterocycles. The number of hydrogen-bond donors (Lipinski definition) is 3. The van der Waals surface area contributed by atoms with Gasteiger partial charge in [0.05, 0.1) is 12.1 Å². The summed E-state index contributed by atoms with van der Waals surface area (Å²) in [5.41, 5.74) is 0. The van der Waals surface area contributed by atoms with E-state index in [9.17, 15) is 19.2 Å². The van der Waals surface area contributed by atoms with Crippen LogP contribution in [0, 0.1) is 5.92 Å². The molecule has 3 fully saturated rings. The van der Waals surface area contributed by atoms with E-state index in [4.69, 9.17) is 5.21 Å². The molecule has 3 rings (SSSR count). The standard InChI is InChI=1S/C14H19N3O5S/c18-9(7-5-11(19)17(22)13(7)20)3-1-2-4-10-12-8(6-23-10)15-14(21)16-12/h7-8,10,12,22H,1-6H2,(H2,15,16,21)/t7?,8-,10-,12-/m0/s1. The Morgan fingerprint density at radius 3 is 2.74 bits per heavy atom. The minimum absolute atomic E-state index is 0.0493. The molecule has 0 aromatic carbocycles. The van der Waals surface area contributed by atoms with Crippen molar-refractivity contribution in [2.75, 3.05) is 5.75 Å². The van der Waals surface area contributed by atoms with Crippen molar-refractivity contribution in [1.29, 1.82) is 0 Å². The van der Waals surface area contributed by atoms with E-state index < -0.39 is 17.7 Å². The zero-order valence-electron chi connectivity index (χ0n) is 12.5. The number of nitrogens with one attached hydrogen (secondary N) is 2. The molecule has 3 saturated heterocycles. The van der Waals surface area contributed by atoms with E-state index in [1.165, 1.54) is 0 Å². The van der Waals surface area contributed by atoms with E-state index in [-0.39, 0.29) is 41.8 Å². The lowest BCUT2D eigenvalue weighted by atomic mass is 9.96. The van der Waals surface area contributed by atoms with Gasteiger partial charge in [0, 0.05) is 23.8 Å². The van der Waals surface area contributed by atoms with Gasteiger partial charge in [-0.25, -0.2) is 4.79 Å². The number of Topliss-reactive ketones (excluding diaryl/α,β-unsaturated/α-hetero) is 1. The molecule has 0 spiro atoms. The van der Waals surface area contributed by atoms with Crippen molar-refractivity contribution in [3.8, 4) is 0 Å². The number of urea groups is 1. The Morgan fingerprint density at radius 2 is 2.04 bits per heavy atom. The van der Waals surface area contributed by atoms with Crippen LogP contribution < -0.4 is 10.6 Å². The molecule has 3 aliphatic heterocycles. The van der Waals surface area contributed by atoms with Gasteiger partial charge in [0.2, 0.25) is 0 Å². The lowest BCUT2D eigenvalue weighted by molar-refractivity contribution is -0.172. The molecule has 1 unspecified atom stereocenters. The number of thioether (sulfide) groups is 1. The fourth-order valence-electron chi connectivity index (χ4n) is 3.33. The van der Waals surface area contributed by atoms with E-state index in [1.54, 1.807) is 0 Å². The smallest absolute Gasteiger partial charge is 0.315 e. The van der Waals surface area contributed by atoms with Crippen LogP contribution in [0.15, 0.2) is 0 Å². The minimum atomic E-state index is -1.02. The quantitative estimate of drug-likeness (QED) is 0.207. The second-order valence-corrected chi connectivity index (χ2v) is 7.41. The molecule has 3 aliphatic rings. The monoisotopic (exact) mass is 341 g/mol. The maximum Gasteiger partial charge on any atom is 0.315 e. The molecule has 0 bridgehead atoms. The van der Waals surface area contributed by atoms with Gasteiger partial charge in [-0.2, -0.15) is 16.8 Å². The van der Waals surface area contributed by atoms with Crippen molar-refractivity contribution < 1.29 is 24.4 Å². The zero-order valence-corrected chi connectivity index (χ0v) is 13.3. The highest BCUT2D eigenvalue weighted by Crippen LogP contribution is 2.33. The Bertz CT molecular complexity index is 555. The number of hydrogen-bond acceptors (Lipinski definition) is 6.